The van der Waals surface area contributed by atoms with E-state index >= 15 is 0 Å². The second-order valence-electron chi connectivity index (χ2n) is 21.3. The molecule has 1 fully saturated rings. The lowest BCUT2D eigenvalue weighted by atomic mass is 9.33. The summed E-state index contributed by atoms with van der Waals surface area (Å²) in [5.74, 6) is 0. The minimum absolute atomic E-state index is 0.0207. The molecule has 67 heavy (non-hydrogen) atoms. The van der Waals surface area contributed by atoms with Crippen LogP contribution in [0.15, 0.2) is 158 Å². The van der Waals surface area contributed by atoms with Gasteiger partial charge in [-0.2, -0.15) is 0 Å². The molecular weight excluding hydrogens is 850 g/mol. The molecule has 1 saturated carbocycles. The summed E-state index contributed by atoms with van der Waals surface area (Å²) in [5, 5.41) is 5.29. The molecule has 0 amide bonds. The number of hydrogen-bond acceptors (Lipinski definition) is 5. The maximum atomic E-state index is 2.76. The summed E-state index contributed by atoms with van der Waals surface area (Å²) < 4.78 is 5.29. The Morgan fingerprint density at radius 3 is 2.01 bits per heavy atom. The number of thiophene rings is 2. The van der Waals surface area contributed by atoms with Gasteiger partial charge < -0.3 is 14.7 Å². The lowest BCUT2D eigenvalue weighted by Gasteiger charge is -2.50. The highest BCUT2D eigenvalue weighted by molar-refractivity contribution is 7.26. The van der Waals surface area contributed by atoms with Crippen molar-refractivity contribution in [2.24, 2.45) is 0 Å². The van der Waals surface area contributed by atoms with Gasteiger partial charge in [-0.1, -0.05) is 125 Å². The Morgan fingerprint density at radius 2 is 1.18 bits per heavy atom. The first kappa shape index (κ1) is 39.8. The Kier molecular flexibility index (Phi) is 8.24. The fraction of sp³-hybridized carbons (Fsp3) is 0.213. The predicted molar refractivity (Wildman–Crippen MR) is 292 cm³/mol. The minimum Gasteiger partial charge on any atom is -0.334 e. The highest BCUT2D eigenvalue weighted by Crippen LogP contribution is 2.61. The van der Waals surface area contributed by atoms with Gasteiger partial charge in [0.25, 0.3) is 6.71 Å². The normalized spacial score (nSPS) is 19.6. The van der Waals surface area contributed by atoms with Crippen LogP contribution in [0.5, 0.6) is 0 Å². The second-order valence-corrected chi connectivity index (χ2v) is 23.4. The number of anilines is 8. The van der Waals surface area contributed by atoms with E-state index in [1.807, 2.05) is 22.7 Å². The van der Waals surface area contributed by atoms with E-state index in [4.69, 9.17) is 0 Å². The number of benzene rings is 8. The third-order valence-corrected chi connectivity index (χ3v) is 18.8. The summed E-state index contributed by atoms with van der Waals surface area (Å²) in [6.45, 7) is 14.5. The molecule has 2 unspecified atom stereocenters. The quantitative estimate of drug-likeness (QED) is 0.164. The number of para-hydroxylation sites is 1. The summed E-state index contributed by atoms with van der Waals surface area (Å²) >= 11 is 3.80. The third kappa shape index (κ3) is 5.40. The maximum Gasteiger partial charge on any atom is 0.252 e. The molecule has 14 rings (SSSR count). The average Bonchev–Trinajstić information content (AvgIpc) is 3.96. The topological polar surface area (TPSA) is 9.72 Å². The third-order valence-electron chi connectivity index (χ3n) is 16.6. The van der Waals surface area contributed by atoms with Crippen molar-refractivity contribution in [2.75, 3.05) is 14.7 Å². The first-order chi connectivity index (χ1) is 32.5. The molecule has 3 aliphatic heterocycles. The van der Waals surface area contributed by atoms with Crippen molar-refractivity contribution < 1.29 is 0 Å². The van der Waals surface area contributed by atoms with Crippen LogP contribution in [-0.2, 0) is 10.8 Å². The number of hydrogen-bond donors (Lipinski definition) is 0. The monoisotopic (exact) mass is 901 g/mol. The largest absolute Gasteiger partial charge is 0.334 e. The van der Waals surface area contributed by atoms with Crippen LogP contribution in [0.4, 0.5) is 45.5 Å². The van der Waals surface area contributed by atoms with Gasteiger partial charge in [0.2, 0.25) is 0 Å². The predicted octanol–water partition coefficient (Wildman–Crippen LogP) is 15.9. The van der Waals surface area contributed by atoms with E-state index in [1.54, 1.807) is 0 Å². The van der Waals surface area contributed by atoms with E-state index in [1.165, 1.54) is 145 Å². The Hall–Kier alpha value is -6.34. The van der Waals surface area contributed by atoms with Crippen molar-refractivity contribution in [1.82, 2.24) is 0 Å². The van der Waals surface area contributed by atoms with E-state index in [9.17, 15) is 0 Å². The number of nitrogens with zero attached hydrogens (tertiary/aromatic N) is 3. The van der Waals surface area contributed by atoms with Gasteiger partial charge in [-0.05, 0) is 138 Å². The standard InChI is InChI=1S/C61H52BN3S2/c1-37-32-51-58-52(33-37)64(49-20-15-23-55-57(49)43-17-8-12-22-54(43)66-55)48-29-24-38(59(2,3)4)34-46(48)62(58)45-28-26-40(65-47-19-10-9-18-44(47)60(5)30-13-14-31-61(60,65)6)35-50(45)63(51)39-25-27-42-41-16-7-11-21-53(41)67-56(42)36-39/h7-12,15-29,32-36H,13-14,30-31H2,1-6H3. The van der Waals surface area contributed by atoms with Gasteiger partial charge in [0, 0.05) is 85.6 Å². The summed E-state index contributed by atoms with van der Waals surface area (Å²) in [4.78, 5) is 8.03. The van der Waals surface area contributed by atoms with Gasteiger partial charge in [-0.25, -0.2) is 0 Å². The highest BCUT2D eigenvalue weighted by Gasteiger charge is 2.58. The van der Waals surface area contributed by atoms with Crippen molar-refractivity contribution >= 4 is 132 Å². The second kappa shape index (κ2) is 13.9. The molecule has 6 heteroatoms. The molecule has 326 valence electrons. The van der Waals surface area contributed by atoms with Gasteiger partial charge in [-0.3, -0.25) is 0 Å². The molecule has 0 bridgehead atoms. The van der Waals surface area contributed by atoms with Crippen molar-refractivity contribution in [2.45, 2.75) is 83.6 Å². The summed E-state index contributed by atoms with van der Waals surface area (Å²) in [6.07, 6.45) is 4.90. The molecule has 10 aromatic rings. The number of fused-ring (bicyclic) bond motifs is 13. The Bertz CT molecular complexity index is 3740. The minimum atomic E-state index is -0.0489. The maximum absolute atomic E-state index is 2.76. The molecule has 0 radical (unpaired) electrons. The zero-order chi connectivity index (χ0) is 45.1. The number of rotatable bonds is 3. The fourth-order valence-electron chi connectivity index (χ4n) is 13.2. The van der Waals surface area contributed by atoms with E-state index in [0.29, 0.717) is 0 Å². The Morgan fingerprint density at radius 1 is 0.507 bits per heavy atom. The fourth-order valence-corrected chi connectivity index (χ4v) is 15.4. The van der Waals surface area contributed by atoms with Crippen LogP contribution >= 0.6 is 22.7 Å². The number of aryl methyl sites for hydroxylation is 1. The van der Waals surface area contributed by atoms with Crippen LogP contribution in [0.1, 0.15) is 77.0 Å². The van der Waals surface area contributed by atoms with Gasteiger partial charge in [0.1, 0.15) is 0 Å². The Labute approximate surface area is 402 Å². The molecule has 0 saturated heterocycles. The van der Waals surface area contributed by atoms with Gasteiger partial charge in [-0.15, -0.1) is 22.7 Å². The van der Waals surface area contributed by atoms with Crippen molar-refractivity contribution in [3.05, 3.63) is 174 Å². The van der Waals surface area contributed by atoms with Crippen molar-refractivity contribution in [3.8, 4) is 0 Å². The smallest absolute Gasteiger partial charge is 0.252 e. The SMILES string of the molecule is Cc1cc2c3c(c1)N(c1cccc4sc5ccccc5c14)c1ccc(C(C)(C)C)cc1B3c1ccc(N3c4ccccc4C4(C)CCCCC34C)cc1N2c1ccc2c(c1)sc1ccccc12. The zero-order valence-corrected chi connectivity index (χ0v) is 40.7. The van der Waals surface area contributed by atoms with Crippen LogP contribution in [0, 0.1) is 6.92 Å². The molecule has 3 nitrogen and oxygen atoms in total. The van der Waals surface area contributed by atoms with Crippen LogP contribution < -0.4 is 31.1 Å². The molecule has 4 aliphatic rings. The molecule has 2 aromatic heterocycles. The van der Waals surface area contributed by atoms with Gasteiger partial charge >= 0.3 is 0 Å². The molecule has 2 atom stereocenters. The van der Waals surface area contributed by atoms with Crippen molar-refractivity contribution in [1.29, 1.82) is 0 Å². The highest BCUT2D eigenvalue weighted by atomic mass is 32.1. The molecule has 0 N–H and O–H groups in total. The van der Waals surface area contributed by atoms with Crippen LogP contribution in [0.2, 0.25) is 0 Å². The summed E-state index contributed by atoms with van der Waals surface area (Å²) in [6, 6.07) is 61.3. The van der Waals surface area contributed by atoms with E-state index in [2.05, 4.69) is 214 Å². The molecular formula is C61H52BN3S2. The van der Waals surface area contributed by atoms with Crippen LogP contribution in [-0.4, -0.2) is 12.3 Å². The van der Waals surface area contributed by atoms with E-state index in [0.717, 1.165) is 0 Å². The lowest BCUT2D eigenvalue weighted by molar-refractivity contribution is 0.195. The van der Waals surface area contributed by atoms with Crippen molar-refractivity contribution in [3.63, 3.8) is 0 Å². The van der Waals surface area contributed by atoms with Crippen LogP contribution in [0.3, 0.4) is 0 Å². The first-order valence-corrected chi connectivity index (χ1v) is 25.9. The Balaban J connectivity index is 1.07. The summed E-state index contributed by atoms with van der Waals surface area (Å²) in [5.41, 5.74) is 18.3. The van der Waals surface area contributed by atoms with Gasteiger partial charge in [0.05, 0.1) is 11.2 Å². The van der Waals surface area contributed by atoms with E-state index < -0.39 is 0 Å². The summed E-state index contributed by atoms with van der Waals surface area (Å²) in [7, 11) is 0. The van der Waals surface area contributed by atoms with Crippen LogP contribution in [0.25, 0.3) is 40.3 Å². The molecule has 1 aliphatic carbocycles. The average molecular weight is 902 g/mol. The molecule has 8 aromatic carbocycles. The molecule has 5 heterocycles. The first-order valence-electron chi connectivity index (χ1n) is 24.2. The van der Waals surface area contributed by atoms with Gasteiger partial charge in [0.15, 0.2) is 0 Å². The zero-order valence-electron chi connectivity index (χ0n) is 39.1. The van der Waals surface area contributed by atoms with E-state index in [-0.39, 0.29) is 23.1 Å². The lowest BCUT2D eigenvalue weighted by Crippen LogP contribution is -2.61. The molecule has 0 spiro atoms.